The molecule has 0 saturated carbocycles. The van der Waals surface area contributed by atoms with Crippen LogP contribution in [0.3, 0.4) is 0 Å². The van der Waals surface area contributed by atoms with Crippen LogP contribution in [0.5, 0.6) is 0 Å². The minimum Gasteiger partial charge on any atom is -0.469 e. The van der Waals surface area contributed by atoms with Crippen molar-refractivity contribution < 1.29 is 19.5 Å². The summed E-state index contributed by atoms with van der Waals surface area (Å²) in [5.41, 5.74) is 16.0. The highest BCUT2D eigenvalue weighted by Crippen LogP contribution is 2.46. The van der Waals surface area contributed by atoms with Gasteiger partial charge in [-0.1, -0.05) is 13.8 Å². The van der Waals surface area contributed by atoms with Crippen molar-refractivity contribution in [2.24, 2.45) is 26.8 Å². The molecule has 216 valence electrons. The summed E-state index contributed by atoms with van der Waals surface area (Å²) in [7, 11) is 1.40. The van der Waals surface area contributed by atoms with Gasteiger partial charge in [-0.25, -0.2) is 15.0 Å². The Kier molecular flexibility index (Phi) is 6.93. The molecule has 0 aromatic rings. The van der Waals surface area contributed by atoms with Crippen molar-refractivity contribution in [2.75, 3.05) is 7.11 Å². The normalized spacial score (nSPS) is 24.5. The molecule has 6 rings (SSSR count). The lowest BCUT2D eigenvalue weighted by atomic mass is 9.86. The van der Waals surface area contributed by atoms with Crippen LogP contribution >= 0.6 is 0 Å². The summed E-state index contributed by atoms with van der Waals surface area (Å²) in [6.07, 6.45) is 8.92. The molecule has 5 heterocycles. The van der Waals surface area contributed by atoms with E-state index < -0.39 is 0 Å². The van der Waals surface area contributed by atoms with Gasteiger partial charge >= 0.3 is 5.97 Å². The Bertz CT molecular complexity index is 1700. The standard InChI is InChI=1S/C33H35N5O4/c1-7-19-15(2)24-12-28-22(14-39)17(4)23(35-28)11-25-16(3)20(8-9-30(40)42-6)32(36-25)21-10-29(38-41)31-18(5)26(37-33(21)31)13-27(19)34-24/h11-14,16,20,36,38,41H,7-10H2,1-6H3/t16-,20-/m0/s1. The van der Waals surface area contributed by atoms with Gasteiger partial charge in [0.15, 0.2) is 6.29 Å². The number of esters is 1. The highest BCUT2D eigenvalue weighted by Gasteiger charge is 2.41. The zero-order valence-electron chi connectivity index (χ0n) is 24.8. The van der Waals surface area contributed by atoms with E-state index in [-0.39, 0.29) is 24.2 Å². The van der Waals surface area contributed by atoms with Gasteiger partial charge in [0, 0.05) is 52.8 Å². The number of carbonyl (C=O) groups is 2. The molecule has 1 fully saturated rings. The Morgan fingerprint density at radius 2 is 1.83 bits per heavy atom. The van der Waals surface area contributed by atoms with Crippen molar-refractivity contribution in [3.63, 3.8) is 0 Å². The Hall–Kier alpha value is -4.37. The monoisotopic (exact) mass is 565 g/mol. The van der Waals surface area contributed by atoms with Crippen LogP contribution in [0.4, 0.5) is 0 Å². The van der Waals surface area contributed by atoms with Crippen molar-refractivity contribution in [1.82, 2.24) is 10.8 Å². The van der Waals surface area contributed by atoms with Crippen molar-refractivity contribution in [1.29, 1.82) is 0 Å². The number of hydrogen-bond acceptors (Lipinski definition) is 9. The minimum atomic E-state index is -0.259. The minimum absolute atomic E-state index is 0.0172. The molecule has 0 amide bonds. The molecule has 1 aliphatic carbocycles. The lowest BCUT2D eigenvalue weighted by Crippen LogP contribution is -2.16. The smallest absolute Gasteiger partial charge is 0.305 e. The van der Waals surface area contributed by atoms with Crippen molar-refractivity contribution >= 4 is 29.4 Å². The Morgan fingerprint density at radius 1 is 1.10 bits per heavy atom. The molecule has 1 saturated heterocycles. The maximum atomic E-state index is 12.2. The van der Waals surface area contributed by atoms with Gasteiger partial charge < -0.3 is 10.1 Å². The molecule has 2 atom stereocenters. The third kappa shape index (κ3) is 4.22. The number of methoxy groups -OCH3 is 1. The second-order valence-corrected chi connectivity index (χ2v) is 11.4. The maximum absolute atomic E-state index is 12.2. The van der Waals surface area contributed by atoms with E-state index in [1.54, 1.807) is 0 Å². The number of ether oxygens (including phenoxy) is 1. The molecule has 8 bridgehead atoms. The lowest BCUT2D eigenvalue weighted by Gasteiger charge is -2.17. The molecule has 5 aliphatic heterocycles. The van der Waals surface area contributed by atoms with Crippen molar-refractivity contribution in [3.05, 3.63) is 91.4 Å². The number of aldehydes is 1. The number of allylic oxidation sites excluding steroid dienone is 12. The number of rotatable bonds is 6. The second-order valence-electron chi connectivity index (χ2n) is 11.4. The van der Waals surface area contributed by atoms with Crippen LogP contribution in [-0.4, -0.2) is 41.7 Å². The molecule has 0 spiro atoms. The first-order valence-electron chi connectivity index (χ1n) is 14.4. The third-order valence-electron chi connectivity index (χ3n) is 9.26. The molecule has 9 nitrogen and oxygen atoms in total. The molecule has 42 heavy (non-hydrogen) atoms. The zero-order valence-corrected chi connectivity index (χ0v) is 24.8. The summed E-state index contributed by atoms with van der Waals surface area (Å²) >= 11 is 0. The maximum Gasteiger partial charge on any atom is 0.305 e. The summed E-state index contributed by atoms with van der Waals surface area (Å²) in [5.74, 6) is -0.247. The van der Waals surface area contributed by atoms with Gasteiger partial charge in [0.2, 0.25) is 0 Å². The largest absolute Gasteiger partial charge is 0.469 e. The quantitative estimate of drug-likeness (QED) is 0.230. The first-order chi connectivity index (χ1) is 20.2. The fourth-order valence-electron chi connectivity index (χ4n) is 6.77. The number of nitrogens with one attached hydrogen (secondary N) is 2. The summed E-state index contributed by atoms with van der Waals surface area (Å²) in [4.78, 5) is 39.4. The number of hydroxylamine groups is 1. The molecule has 0 aromatic heterocycles. The summed E-state index contributed by atoms with van der Waals surface area (Å²) in [6.45, 7) is 10.2. The summed E-state index contributed by atoms with van der Waals surface area (Å²) < 4.78 is 4.96. The van der Waals surface area contributed by atoms with E-state index in [0.29, 0.717) is 29.8 Å². The van der Waals surface area contributed by atoms with Gasteiger partial charge in [0.1, 0.15) is 0 Å². The fraction of sp³-hybridized carbons (Fsp3) is 0.364. The molecular weight excluding hydrogens is 530 g/mol. The molecule has 6 aliphatic rings. The molecule has 0 radical (unpaired) electrons. The third-order valence-corrected chi connectivity index (χ3v) is 9.26. The average molecular weight is 566 g/mol. The number of fused-ring (bicyclic) bond motifs is 5. The van der Waals surface area contributed by atoms with E-state index in [1.165, 1.54) is 7.11 Å². The lowest BCUT2D eigenvalue weighted by molar-refractivity contribution is -0.140. The van der Waals surface area contributed by atoms with Crippen LogP contribution in [0.15, 0.2) is 106 Å². The molecule has 0 unspecified atom stereocenters. The average Bonchev–Trinajstić information content (AvgIpc) is 3.73. The van der Waals surface area contributed by atoms with Crippen LogP contribution < -0.4 is 10.8 Å². The number of nitrogens with zero attached hydrogens (tertiary/aromatic N) is 3. The first kappa shape index (κ1) is 27.8. The Balaban J connectivity index is 1.61. The van der Waals surface area contributed by atoms with Gasteiger partial charge in [-0.2, -0.15) is 0 Å². The Morgan fingerprint density at radius 3 is 2.52 bits per heavy atom. The zero-order chi connectivity index (χ0) is 29.9. The molecule has 0 aromatic carbocycles. The number of hydrogen-bond donors (Lipinski definition) is 3. The number of carbonyl (C=O) groups excluding carboxylic acids is 2. The molecule has 3 N–H and O–H groups in total. The molecule has 9 heteroatoms. The van der Waals surface area contributed by atoms with Crippen molar-refractivity contribution in [2.45, 2.75) is 60.3 Å². The van der Waals surface area contributed by atoms with E-state index in [2.05, 4.69) is 31.6 Å². The second kappa shape index (κ2) is 10.5. The van der Waals surface area contributed by atoms with Gasteiger partial charge in [-0.05, 0) is 74.1 Å². The van der Waals surface area contributed by atoms with E-state index >= 15 is 0 Å². The van der Waals surface area contributed by atoms with E-state index in [0.717, 1.165) is 86.1 Å². The predicted molar refractivity (Wildman–Crippen MR) is 162 cm³/mol. The van der Waals surface area contributed by atoms with Crippen LogP contribution in [0.1, 0.15) is 60.3 Å². The highest BCUT2D eigenvalue weighted by atomic mass is 16.5. The highest BCUT2D eigenvalue weighted by molar-refractivity contribution is 6.21. The van der Waals surface area contributed by atoms with Gasteiger partial charge in [0.25, 0.3) is 0 Å². The van der Waals surface area contributed by atoms with Crippen LogP contribution in [0.25, 0.3) is 0 Å². The summed E-state index contributed by atoms with van der Waals surface area (Å²) in [6, 6.07) is 0. The van der Waals surface area contributed by atoms with Gasteiger partial charge in [-0.15, -0.1) is 0 Å². The Labute approximate surface area is 245 Å². The van der Waals surface area contributed by atoms with E-state index in [1.807, 2.05) is 32.1 Å². The SMILES string of the molecule is CCC1=C(C)C2=NC1=CC1=C(C)C3=C(NO)CC(=C4NC(=CC5=NC(=C2)C(C=O)=C5C)[C@@H](C)[C@@H]4CCC(=O)OC)C3=N1. The van der Waals surface area contributed by atoms with Gasteiger partial charge in [-0.3, -0.25) is 20.3 Å². The first-order valence-corrected chi connectivity index (χ1v) is 14.4. The topological polar surface area (TPSA) is 125 Å². The van der Waals surface area contributed by atoms with Gasteiger partial charge in [0.05, 0.1) is 47.0 Å². The number of aliphatic imine (C=N–C) groups is 3. The van der Waals surface area contributed by atoms with E-state index in [4.69, 9.17) is 19.7 Å². The van der Waals surface area contributed by atoms with Crippen LogP contribution in [-0.2, 0) is 14.3 Å². The van der Waals surface area contributed by atoms with Crippen LogP contribution in [0, 0.1) is 11.8 Å². The van der Waals surface area contributed by atoms with E-state index in [9.17, 15) is 14.8 Å². The van der Waals surface area contributed by atoms with Crippen molar-refractivity contribution in [3.8, 4) is 0 Å². The predicted octanol–water partition coefficient (Wildman–Crippen LogP) is 5.23. The molecular formula is C33H35N5O4. The van der Waals surface area contributed by atoms with Crippen LogP contribution in [0.2, 0.25) is 0 Å². The fourth-order valence-corrected chi connectivity index (χ4v) is 6.77. The summed E-state index contributed by atoms with van der Waals surface area (Å²) in [5, 5.41) is 13.8.